The van der Waals surface area contributed by atoms with E-state index in [1.165, 1.54) is 17.4 Å². The maximum atomic E-state index is 13.5. The highest BCUT2D eigenvalue weighted by molar-refractivity contribution is 7.21. The lowest BCUT2D eigenvalue weighted by Gasteiger charge is -2.21. The highest BCUT2D eigenvalue weighted by Crippen LogP contribution is 2.34. The summed E-state index contributed by atoms with van der Waals surface area (Å²) in [6.07, 6.45) is 0.489. The van der Waals surface area contributed by atoms with Crippen molar-refractivity contribution in [1.29, 1.82) is 0 Å². The summed E-state index contributed by atoms with van der Waals surface area (Å²) in [5.74, 6) is 0.519. The van der Waals surface area contributed by atoms with Gasteiger partial charge in [0, 0.05) is 26.1 Å². The Morgan fingerprint density at radius 2 is 1.84 bits per heavy atom. The molecule has 3 N–H and O–H groups in total. The highest BCUT2D eigenvalue weighted by Gasteiger charge is 2.22. The van der Waals surface area contributed by atoms with Crippen LogP contribution in [0, 0.1) is 0 Å². The number of hydrogen-bond acceptors (Lipinski definition) is 8. The molecule has 4 rings (SSSR count). The number of rotatable bonds is 8. The van der Waals surface area contributed by atoms with E-state index < -0.39 is 0 Å². The molecular formula is C23H24N2O5S. The molecule has 7 nitrogen and oxygen atoms in total. The molecule has 0 bridgehead atoms. The molecule has 2 aromatic heterocycles. The first-order valence-electron chi connectivity index (χ1n) is 10.2. The minimum Gasteiger partial charge on any atom is -0.507 e. The molecule has 0 amide bonds. The number of nitrogens with zero attached hydrogens (tertiary/aromatic N) is 2. The number of aromatic nitrogens is 1. The summed E-state index contributed by atoms with van der Waals surface area (Å²) in [5, 5.41) is 30.1. The first-order valence-corrected chi connectivity index (χ1v) is 11.0. The topological polar surface area (TPSA) is 107 Å². The zero-order chi connectivity index (χ0) is 22.0. The molecule has 0 saturated heterocycles. The molecule has 0 aliphatic heterocycles. The number of aliphatic hydroxyl groups excluding tert-OH is 2. The quantitative estimate of drug-likeness (QED) is 0.386. The number of aryl methyl sites for hydroxylation is 1. The van der Waals surface area contributed by atoms with Crippen LogP contribution in [0.2, 0.25) is 0 Å². The van der Waals surface area contributed by atoms with E-state index in [2.05, 4.69) is 4.98 Å². The van der Waals surface area contributed by atoms with Crippen LogP contribution in [0.1, 0.15) is 18.2 Å². The van der Waals surface area contributed by atoms with Crippen LogP contribution in [0.25, 0.3) is 31.8 Å². The number of aromatic hydroxyl groups is 1. The Morgan fingerprint density at radius 3 is 2.52 bits per heavy atom. The van der Waals surface area contributed by atoms with Gasteiger partial charge < -0.3 is 19.7 Å². The van der Waals surface area contributed by atoms with Crippen LogP contribution in [0.15, 0.2) is 45.6 Å². The summed E-state index contributed by atoms with van der Waals surface area (Å²) in [6.45, 7) is 2.62. The fourth-order valence-electron chi connectivity index (χ4n) is 3.72. The summed E-state index contributed by atoms with van der Waals surface area (Å²) >= 11 is 1.45. The molecule has 0 atom stereocenters. The van der Waals surface area contributed by atoms with E-state index in [1.54, 1.807) is 11.0 Å². The SMILES string of the molecule is CCc1oc2c(CN(CCO)CCO)c(O)ccc2c(=O)c1-c1nc2ccccc2s1. The van der Waals surface area contributed by atoms with Gasteiger partial charge in [0.1, 0.15) is 22.1 Å². The van der Waals surface area contributed by atoms with Gasteiger partial charge in [-0.25, -0.2) is 4.98 Å². The van der Waals surface area contributed by atoms with Gasteiger partial charge in [0.2, 0.25) is 5.43 Å². The third-order valence-electron chi connectivity index (χ3n) is 5.25. The summed E-state index contributed by atoms with van der Waals surface area (Å²) in [7, 11) is 0. The molecule has 0 aliphatic rings. The van der Waals surface area contributed by atoms with Crippen LogP contribution >= 0.6 is 11.3 Å². The predicted octanol–water partition coefficient (Wildman–Crippen LogP) is 3.12. The van der Waals surface area contributed by atoms with E-state index in [0.29, 0.717) is 52.4 Å². The standard InChI is InChI=1S/C23H24N2O5S/c1-2-18-20(23-24-16-5-3-4-6-19(16)31-23)21(29)14-7-8-17(28)15(22(14)30-18)13-25(9-11-26)10-12-27/h3-8,26-28H,2,9-13H2,1H3. The summed E-state index contributed by atoms with van der Waals surface area (Å²) in [5.41, 5.74) is 1.89. The second kappa shape index (κ2) is 9.15. The molecule has 0 spiro atoms. The van der Waals surface area contributed by atoms with Crippen molar-refractivity contribution < 1.29 is 19.7 Å². The second-order valence-electron chi connectivity index (χ2n) is 7.23. The van der Waals surface area contributed by atoms with Crippen LogP contribution in [0.3, 0.4) is 0 Å². The highest BCUT2D eigenvalue weighted by atomic mass is 32.1. The average molecular weight is 441 g/mol. The van der Waals surface area contributed by atoms with Gasteiger partial charge in [0.05, 0.1) is 39.9 Å². The number of thiazole rings is 1. The second-order valence-corrected chi connectivity index (χ2v) is 8.26. The zero-order valence-corrected chi connectivity index (χ0v) is 18.0. The Bertz CT molecular complexity index is 1240. The molecule has 162 valence electrons. The maximum absolute atomic E-state index is 13.5. The minimum atomic E-state index is -0.186. The van der Waals surface area contributed by atoms with Crippen molar-refractivity contribution in [2.45, 2.75) is 19.9 Å². The molecule has 4 aromatic rings. The van der Waals surface area contributed by atoms with Gasteiger partial charge in [-0.2, -0.15) is 0 Å². The van der Waals surface area contributed by atoms with Crippen molar-refractivity contribution in [3.05, 3.63) is 57.9 Å². The van der Waals surface area contributed by atoms with Gasteiger partial charge in [0.25, 0.3) is 0 Å². The number of aliphatic hydroxyl groups is 2. The monoisotopic (exact) mass is 440 g/mol. The van der Waals surface area contributed by atoms with Gasteiger partial charge in [-0.1, -0.05) is 19.1 Å². The van der Waals surface area contributed by atoms with E-state index in [0.717, 1.165) is 10.2 Å². The van der Waals surface area contributed by atoms with Gasteiger partial charge in [-0.3, -0.25) is 9.69 Å². The molecule has 0 radical (unpaired) electrons. The molecule has 0 fully saturated rings. The minimum absolute atomic E-state index is 0.00585. The van der Waals surface area contributed by atoms with Gasteiger partial charge >= 0.3 is 0 Å². The summed E-state index contributed by atoms with van der Waals surface area (Å²) in [4.78, 5) is 20.0. The zero-order valence-electron chi connectivity index (χ0n) is 17.2. The van der Waals surface area contributed by atoms with Gasteiger partial charge in [0.15, 0.2) is 0 Å². The summed E-state index contributed by atoms with van der Waals surface area (Å²) in [6, 6.07) is 10.8. The number of fused-ring (bicyclic) bond motifs is 2. The number of benzene rings is 2. The Hall–Kier alpha value is -2.78. The fraction of sp³-hybridized carbons (Fsp3) is 0.304. The van der Waals surface area contributed by atoms with E-state index in [-0.39, 0.29) is 30.9 Å². The van der Waals surface area contributed by atoms with Crippen molar-refractivity contribution in [2.24, 2.45) is 0 Å². The van der Waals surface area contributed by atoms with Crippen LogP contribution < -0.4 is 5.43 Å². The first kappa shape index (κ1) is 21.5. The predicted molar refractivity (Wildman–Crippen MR) is 122 cm³/mol. The average Bonchev–Trinajstić information content (AvgIpc) is 3.19. The summed E-state index contributed by atoms with van der Waals surface area (Å²) < 4.78 is 7.19. The van der Waals surface area contributed by atoms with Crippen molar-refractivity contribution >= 4 is 32.5 Å². The van der Waals surface area contributed by atoms with Crippen LogP contribution in [0.5, 0.6) is 5.75 Å². The normalized spacial score (nSPS) is 11.7. The molecule has 2 aromatic carbocycles. The first-order chi connectivity index (χ1) is 15.1. The lowest BCUT2D eigenvalue weighted by atomic mass is 10.0. The molecule has 31 heavy (non-hydrogen) atoms. The lowest BCUT2D eigenvalue weighted by Crippen LogP contribution is -2.29. The van der Waals surface area contributed by atoms with Crippen molar-refractivity contribution in [1.82, 2.24) is 9.88 Å². The van der Waals surface area contributed by atoms with Crippen LogP contribution in [-0.4, -0.2) is 51.5 Å². The molecule has 0 saturated carbocycles. The van der Waals surface area contributed by atoms with E-state index >= 15 is 0 Å². The molecular weight excluding hydrogens is 416 g/mol. The number of para-hydroxylation sites is 1. The Kier molecular flexibility index (Phi) is 6.33. The maximum Gasteiger partial charge on any atom is 0.203 e. The van der Waals surface area contributed by atoms with E-state index in [1.807, 2.05) is 31.2 Å². The number of phenolic OH excluding ortho intramolecular Hbond substituents is 1. The molecule has 2 heterocycles. The third kappa shape index (κ3) is 4.07. The Morgan fingerprint density at radius 1 is 1.10 bits per heavy atom. The van der Waals surface area contributed by atoms with E-state index in [9.17, 15) is 20.1 Å². The smallest absolute Gasteiger partial charge is 0.203 e. The fourth-order valence-corrected chi connectivity index (χ4v) is 4.75. The molecule has 0 aliphatic carbocycles. The van der Waals surface area contributed by atoms with Crippen LogP contribution in [-0.2, 0) is 13.0 Å². The van der Waals surface area contributed by atoms with Gasteiger partial charge in [-0.05, 0) is 24.3 Å². The number of phenols is 1. The van der Waals surface area contributed by atoms with E-state index in [4.69, 9.17) is 4.42 Å². The Labute approximate surface area is 182 Å². The molecule has 0 unspecified atom stereocenters. The van der Waals surface area contributed by atoms with Gasteiger partial charge in [-0.15, -0.1) is 11.3 Å². The Balaban J connectivity index is 1.90. The van der Waals surface area contributed by atoms with Crippen molar-refractivity contribution in [3.63, 3.8) is 0 Å². The largest absolute Gasteiger partial charge is 0.507 e. The lowest BCUT2D eigenvalue weighted by molar-refractivity contribution is 0.155. The molecule has 8 heteroatoms. The van der Waals surface area contributed by atoms with Crippen molar-refractivity contribution in [3.8, 4) is 16.3 Å². The van der Waals surface area contributed by atoms with Crippen LogP contribution in [0.4, 0.5) is 0 Å². The van der Waals surface area contributed by atoms with Crippen molar-refractivity contribution in [2.75, 3.05) is 26.3 Å². The number of hydrogen-bond donors (Lipinski definition) is 3. The third-order valence-corrected chi connectivity index (χ3v) is 6.31.